The summed E-state index contributed by atoms with van der Waals surface area (Å²) in [6, 6.07) is 5.98. The van der Waals surface area contributed by atoms with Gasteiger partial charge >= 0.3 is 0 Å². The van der Waals surface area contributed by atoms with Crippen molar-refractivity contribution in [2.75, 3.05) is 5.73 Å². The summed E-state index contributed by atoms with van der Waals surface area (Å²) in [5.41, 5.74) is 7.75. The lowest BCUT2D eigenvalue weighted by molar-refractivity contribution is 0.0955. The largest absolute Gasteiger partial charge is 0.397 e. The van der Waals surface area contributed by atoms with Crippen molar-refractivity contribution in [3.8, 4) is 0 Å². The van der Waals surface area contributed by atoms with Crippen molar-refractivity contribution in [3.63, 3.8) is 0 Å². The minimum Gasteiger partial charge on any atom is -0.397 e. The quantitative estimate of drug-likeness (QED) is 0.773. The fraction of sp³-hybridized carbons (Fsp3) is 0.214. The number of amides is 1. The van der Waals surface area contributed by atoms with Crippen molar-refractivity contribution in [2.24, 2.45) is 7.05 Å². The lowest BCUT2D eigenvalue weighted by atomic mass is 10.1. The Morgan fingerprint density at radius 3 is 3.00 bits per heavy atom. The SMILES string of the molecule is Cc1ccc2c(N)c(C(=O)NCc3ncn(C)n3)sc2c1. The molecule has 0 saturated heterocycles. The lowest BCUT2D eigenvalue weighted by Crippen LogP contribution is -2.23. The van der Waals surface area contributed by atoms with Gasteiger partial charge in [0.15, 0.2) is 5.82 Å². The summed E-state index contributed by atoms with van der Waals surface area (Å²) < 4.78 is 2.62. The molecule has 7 heteroatoms. The number of aryl methyl sites for hydroxylation is 2. The van der Waals surface area contributed by atoms with E-state index in [1.165, 1.54) is 11.3 Å². The summed E-state index contributed by atoms with van der Waals surface area (Å²) in [5.74, 6) is 0.375. The lowest BCUT2D eigenvalue weighted by Gasteiger charge is -2.01. The minimum atomic E-state index is -0.196. The number of carbonyl (C=O) groups is 1. The van der Waals surface area contributed by atoms with Crippen LogP contribution in [0.15, 0.2) is 24.5 Å². The molecule has 1 amide bonds. The van der Waals surface area contributed by atoms with Crippen molar-refractivity contribution >= 4 is 33.0 Å². The van der Waals surface area contributed by atoms with Crippen LogP contribution in [-0.4, -0.2) is 20.7 Å². The van der Waals surface area contributed by atoms with Crippen molar-refractivity contribution in [1.29, 1.82) is 0 Å². The summed E-state index contributed by atoms with van der Waals surface area (Å²) in [4.78, 5) is 16.9. The molecule has 3 N–H and O–H groups in total. The molecule has 0 saturated carbocycles. The number of nitrogens with one attached hydrogen (secondary N) is 1. The fourth-order valence-electron chi connectivity index (χ4n) is 2.10. The smallest absolute Gasteiger partial charge is 0.263 e. The maximum Gasteiger partial charge on any atom is 0.263 e. The second-order valence-corrected chi connectivity index (χ2v) is 5.91. The second kappa shape index (κ2) is 5.17. The van der Waals surface area contributed by atoms with Gasteiger partial charge in [-0.2, -0.15) is 5.10 Å². The van der Waals surface area contributed by atoms with E-state index in [9.17, 15) is 4.79 Å². The van der Waals surface area contributed by atoms with Gasteiger partial charge in [-0.1, -0.05) is 12.1 Å². The maximum absolute atomic E-state index is 12.3. The van der Waals surface area contributed by atoms with Crippen LogP contribution in [0.1, 0.15) is 21.1 Å². The molecule has 0 bridgehead atoms. The van der Waals surface area contributed by atoms with Gasteiger partial charge in [-0.3, -0.25) is 9.48 Å². The van der Waals surface area contributed by atoms with Gasteiger partial charge in [0.05, 0.1) is 12.2 Å². The van der Waals surface area contributed by atoms with Gasteiger partial charge < -0.3 is 11.1 Å². The molecule has 2 aromatic heterocycles. The van der Waals surface area contributed by atoms with E-state index in [1.807, 2.05) is 25.1 Å². The Morgan fingerprint density at radius 2 is 2.29 bits per heavy atom. The molecular formula is C14H15N5OS. The number of fused-ring (bicyclic) bond motifs is 1. The van der Waals surface area contributed by atoms with E-state index >= 15 is 0 Å². The van der Waals surface area contributed by atoms with Crippen LogP contribution in [0.5, 0.6) is 0 Å². The molecule has 0 atom stereocenters. The number of rotatable bonds is 3. The number of hydrogen-bond acceptors (Lipinski definition) is 5. The molecule has 3 aromatic rings. The van der Waals surface area contributed by atoms with E-state index in [2.05, 4.69) is 15.4 Å². The molecule has 0 aliphatic rings. The Labute approximate surface area is 125 Å². The molecule has 1 aromatic carbocycles. The van der Waals surface area contributed by atoms with Crippen LogP contribution >= 0.6 is 11.3 Å². The average Bonchev–Trinajstić information content (AvgIpc) is 3.00. The number of anilines is 1. The van der Waals surface area contributed by atoms with Gasteiger partial charge in [0, 0.05) is 17.1 Å². The van der Waals surface area contributed by atoms with Crippen LogP contribution in [0.4, 0.5) is 5.69 Å². The monoisotopic (exact) mass is 301 g/mol. The first kappa shape index (κ1) is 13.6. The third kappa shape index (κ3) is 2.59. The number of hydrogen-bond donors (Lipinski definition) is 2. The molecular weight excluding hydrogens is 286 g/mol. The van der Waals surface area contributed by atoms with E-state index < -0.39 is 0 Å². The van der Waals surface area contributed by atoms with Gasteiger partial charge in [-0.05, 0) is 18.6 Å². The highest BCUT2D eigenvalue weighted by molar-refractivity contribution is 7.21. The average molecular weight is 301 g/mol. The maximum atomic E-state index is 12.3. The first-order chi connectivity index (χ1) is 10.0. The van der Waals surface area contributed by atoms with E-state index in [-0.39, 0.29) is 12.5 Å². The zero-order valence-electron chi connectivity index (χ0n) is 11.8. The number of benzene rings is 1. The van der Waals surface area contributed by atoms with E-state index in [4.69, 9.17) is 5.73 Å². The Bertz CT molecular complexity index is 820. The number of nitrogens with zero attached hydrogens (tertiary/aromatic N) is 3. The van der Waals surface area contributed by atoms with Gasteiger partial charge in [0.25, 0.3) is 5.91 Å². The second-order valence-electron chi connectivity index (χ2n) is 4.86. The number of nitrogens with two attached hydrogens (primary N) is 1. The topological polar surface area (TPSA) is 85.8 Å². The zero-order valence-corrected chi connectivity index (χ0v) is 12.6. The first-order valence-electron chi connectivity index (χ1n) is 6.46. The predicted octanol–water partition coefficient (Wildman–Crippen LogP) is 1.85. The molecule has 21 heavy (non-hydrogen) atoms. The Hall–Kier alpha value is -2.41. The van der Waals surface area contributed by atoms with Crippen molar-refractivity contribution < 1.29 is 4.79 Å². The van der Waals surface area contributed by atoms with Gasteiger partial charge in [-0.25, -0.2) is 4.98 Å². The molecule has 0 unspecified atom stereocenters. The van der Waals surface area contributed by atoms with Crippen LogP contribution in [0.25, 0.3) is 10.1 Å². The van der Waals surface area contributed by atoms with Crippen molar-refractivity contribution in [1.82, 2.24) is 20.1 Å². The molecule has 0 aliphatic carbocycles. The third-order valence-electron chi connectivity index (χ3n) is 3.14. The van der Waals surface area contributed by atoms with Gasteiger partial charge in [0.2, 0.25) is 0 Å². The molecule has 2 heterocycles. The highest BCUT2D eigenvalue weighted by atomic mass is 32.1. The number of carbonyl (C=O) groups excluding carboxylic acids is 1. The zero-order chi connectivity index (χ0) is 15.0. The Morgan fingerprint density at radius 1 is 1.48 bits per heavy atom. The predicted molar refractivity (Wildman–Crippen MR) is 83.1 cm³/mol. The number of nitrogen functional groups attached to an aromatic ring is 1. The Kier molecular flexibility index (Phi) is 3.34. The number of thiophene rings is 1. The normalized spacial score (nSPS) is 11.0. The van der Waals surface area contributed by atoms with E-state index in [0.29, 0.717) is 16.4 Å². The summed E-state index contributed by atoms with van der Waals surface area (Å²) in [7, 11) is 1.78. The van der Waals surface area contributed by atoms with Crippen LogP contribution in [0.2, 0.25) is 0 Å². The van der Waals surface area contributed by atoms with Crippen LogP contribution < -0.4 is 11.1 Å². The molecule has 0 aliphatic heterocycles. The molecule has 0 spiro atoms. The van der Waals surface area contributed by atoms with E-state index in [0.717, 1.165) is 15.6 Å². The molecule has 0 radical (unpaired) electrons. The summed E-state index contributed by atoms with van der Waals surface area (Å²) >= 11 is 1.40. The minimum absolute atomic E-state index is 0.196. The highest BCUT2D eigenvalue weighted by Crippen LogP contribution is 2.34. The van der Waals surface area contributed by atoms with Crippen molar-refractivity contribution in [2.45, 2.75) is 13.5 Å². The van der Waals surface area contributed by atoms with Gasteiger partial charge in [-0.15, -0.1) is 11.3 Å². The van der Waals surface area contributed by atoms with E-state index in [1.54, 1.807) is 18.1 Å². The Balaban J connectivity index is 1.82. The van der Waals surface area contributed by atoms with Crippen molar-refractivity contribution in [3.05, 3.63) is 40.8 Å². The standard InChI is InChI=1S/C14H15N5OS/c1-8-3-4-9-10(5-8)21-13(12(9)15)14(20)16-6-11-17-7-19(2)18-11/h3-5,7H,6,15H2,1-2H3,(H,16,20). The van der Waals surface area contributed by atoms with Gasteiger partial charge in [0.1, 0.15) is 11.2 Å². The summed E-state index contributed by atoms with van der Waals surface area (Å²) in [6.45, 7) is 2.30. The molecule has 108 valence electrons. The molecule has 3 rings (SSSR count). The summed E-state index contributed by atoms with van der Waals surface area (Å²) in [5, 5.41) is 7.84. The highest BCUT2D eigenvalue weighted by Gasteiger charge is 2.16. The number of aromatic nitrogens is 3. The first-order valence-corrected chi connectivity index (χ1v) is 7.27. The fourth-order valence-corrected chi connectivity index (χ4v) is 3.23. The van der Waals surface area contributed by atoms with Crippen LogP contribution in [0.3, 0.4) is 0 Å². The summed E-state index contributed by atoms with van der Waals surface area (Å²) in [6.07, 6.45) is 1.60. The van der Waals surface area contributed by atoms with Crippen LogP contribution in [0, 0.1) is 6.92 Å². The molecule has 6 nitrogen and oxygen atoms in total. The molecule has 0 fully saturated rings. The van der Waals surface area contributed by atoms with Crippen LogP contribution in [-0.2, 0) is 13.6 Å². The third-order valence-corrected chi connectivity index (χ3v) is 4.31.